The van der Waals surface area contributed by atoms with Crippen molar-refractivity contribution in [3.63, 3.8) is 0 Å². The Kier molecular flexibility index (Phi) is 5.06. The maximum Gasteiger partial charge on any atom is 0.228 e. The Balaban J connectivity index is 1.43. The largest absolute Gasteiger partial charge is 0.310 e. The van der Waals surface area contributed by atoms with Gasteiger partial charge in [0.1, 0.15) is 11.5 Å². The number of amides is 2. The lowest BCUT2D eigenvalue weighted by Crippen LogP contribution is -2.30. The molecule has 1 N–H and O–H groups in total. The van der Waals surface area contributed by atoms with Crippen molar-refractivity contribution in [3.8, 4) is 11.8 Å². The Labute approximate surface area is 186 Å². The number of anilines is 2. The third-order valence-corrected chi connectivity index (χ3v) is 6.01. The Morgan fingerprint density at radius 2 is 1.91 bits per heavy atom. The molecule has 0 unspecified atom stereocenters. The zero-order valence-corrected chi connectivity index (χ0v) is 18.1. The van der Waals surface area contributed by atoms with E-state index < -0.39 is 0 Å². The third-order valence-electron chi connectivity index (χ3n) is 6.01. The molecule has 160 valence electrons. The summed E-state index contributed by atoms with van der Waals surface area (Å²) in [6.45, 7) is 3.97. The summed E-state index contributed by atoms with van der Waals surface area (Å²) in [5, 5.41) is 4.68. The first-order chi connectivity index (χ1) is 15.5. The molecule has 2 amide bonds. The first-order valence-electron chi connectivity index (χ1n) is 10.9. The van der Waals surface area contributed by atoms with E-state index in [0.29, 0.717) is 17.9 Å². The van der Waals surface area contributed by atoms with Crippen molar-refractivity contribution in [1.29, 1.82) is 0 Å². The van der Waals surface area contributed by atoms with Gasteiger partial charge in [0, 0.05) is 47.2 Å². The maximum atomic E-state index is 12.1. The van der Waals surface area contributed by atoms with Crippen molar-refractivity contribution in [3.05, 3.63) is 53.7 Å². The van der Waals surface area contributed by atoms with E-state index in [-0.39, 0.29) is 23.8 Å². The van der Waals surface area contributed by atoms with E-state index in [0.717, 1.165) is 47.0 Å². The first-order valence-corrected chi connectivity index (χ1v) is 10.9. The van der Waals surface area contributed by atoms with Gasteiger partial charge in [-0.05, 0) is 57.2 Å². The van der Waals surface area contributed by atoms with Gasteiger partial charge < -0.3 is 10.2 Å². The molecule has 0 bridgehead atoms. The lowest BCUT2D eigenvalue weighted by molar-refractivity contribution is -0.118. The Hall–Kier alpha value is -3.79. The zero-order chi connectivity index (χ0) is 22.2. The molecule has 7 heteroatoms. The highest BCUT2D eigenvalue weighted by atomic mass is 16.2. The summed E-state index contributed by atoms with van der Waals surface area (Å²) in [6.07, 6.45) is 8.49. The number of hydrogen-bond acceptors (Lipinski definition) is 5. The van der Waals surface area contributed by atoms with Crippen LogP contribution < -0.4 is 10.2 Å². The number of aromatic nitrogens is 3. The van der Waals surface area contributed by atoms with Gasteiger partial charge in [0.05, 0.1) is 17.4 Å². The van der Waals surface area contributed by atoms with E-state index in [9.17, 15) is 9.59 Å². The van der Waals surface area contributed by atoms with E-state index >= 15 is 0 Å². The molecule has 1 aliphatic carbocycles. The van der Waals surface area contributed by atoms with E-state index in [2.05, 4.69) is 32.1 Å². The molecule has 3 aromatic rings. The summed E-state index contributed by atoms with van der Waals surface area (Å²) in [5.74, 6) is 7.03. The van der Waals surface area contributed by atoms with Crippen LogP contribution in [0.2, 0.25) is 0 Å². The fourth-order valence-corrected chi connectivity index (χ4v) is 3.97. The van der Waals surface area contributed by atoms with E-state index in [1.807, 2.05) is 32.0 Å². The second-order valence-electron chi connectivity index (χ2n) is 8.44. The number of pyridine rings is 3. The van der Waals surface area contributed by atoms with Gasteiger partial charge in [0.15, 0.2) is 0 Å². The summed E-state index contributed by atoms with van der Waals surface area (Å²) < 4.78 is 0. The van der Waals surface area contributed by atoms with Crippen LogP contribution in [0.3, 0.4) is 0 Å². The Morgan fingerprint density at radius 1 is 1.06 bits per heavy atom. The number of nitrogens with zero attached hydrogens (tertiary/aromatic N) is 4. The number of carbonyl (C=O) groups excluding carboxylic acids is 2. The van der Waals surface area contributed by atoms with Crippen LogP contribution in [0.25, 0.3) is 10.8 Å². The smallest absolute Gasteiger partial charge is 0.228 e. The molecule has 2 aliphatic rings. The standard InChI is InChI=1S/C25H23N5O2/c1-15-3-10-24(31)30(15)20-9-8-19(27-13-20)7-6-18-12-26-16(2)22-14-28-23(11-21(18)22)29-25(32)17-4-5-17/h8-9,11-15,17H,3-5,10H2,1-2H3,(H,28,29,32)/t15-/m0/s1. The third kappa shape index (κ3) is 3.92. The second kappa shape index (κ2) is 8.04. The van der Waals surface area contributed by atoms with Crippen LogP contribution in [0.15, 0.2) is 36.8 Å². The van der Waals surface area contributed by atoms with Gasteiger partial charge in [0.25, 0.3) is 0 Å². The highest BCUT2D eigenvalue weighted by molar-refractivity contribution is 5.97. The van der Waals surface area contributed by atoms with E-state index in [1.165, 1.54) is 0 Å². The van der Waals surface area contributed by atoms with E-state index in [4.69, 9.17) is 0 Å². The number of rotatable bonds is 3. The molecule has 7 nitrogen and oxygen atoms in total. The summed E-state index contributed by atoms with van der Waals surface area (Å²) >= 11 is 0. The molecule has 0 aromatic carbocycles. The Morgan fingerprint density at radius 3 is 2.59 bits per heavy atom. The molecule has 0 spiro atoms. The zero-order valence-electron chi connectivity index (χ0n) is 18.1. The SMILES string of the molecule is Cc1ncc(C#Cc2ccc(N3C(=O)CC[C@@H]3C)cn2)c2cc(NC(=O)C3CC3)ncc12. The summed E-state index contributed by atoms with van der Waals surface area (Å²) in [7, 11) is 0. The van der Waals surface area contributed by atoms with Gasteiger partial charge in [0.2, 0.25) is 11.8 Å². The highest BCUT2D eigenvalue weighted by Gasteiger charge is 2.30. The predicted octanol–water partition coefficient (Wildman–Crippen LogP) is 3.60. The van der Waals surface area contributed by atoms with Crippen molar-refractivity contribution >= 4 is 34.1 Å². The molecule has 1 saturated carbocycles. The maximum absolute atomic E-state index is 12.1. The molecule has 1 saturated heterocycles. The molecule has 3 aromatic heterocycles. The average Bonchev–Trinajstić information content (AvgIpc) is 3.59. The van der Waals surface area contributed by atoms with Crippen molar-refractivity contribution < 1.29 is 9.59 Å². The topological polar surface area (TPSA) is 88.1 Å². The van der Waals surface area contributed by atoms with Crippen LogP contribution in [-0.4, -0.2) is 32.8 Å². The lowest BCUT2D eigenvalue weighted by atomic mass is 10.1. The van der Waals surface area contributed by atoms with Crippen LogP contribution >= 0.6 is 0 Å². The quantitative estimate of drug-likeness (QED) is 0.648. The van der Waals surface area contributed by atoms with Gasteiger partial charge in [-0.1, -0.05) is 5.92 Å². The molecular weight excluding hydrogens is 402 g/mol. The summed E-state index contributed by atoms with van der Waals surface area (Å²) in [4.78, 5) is 39.3. The highest BCUT2D eigenvalue weighted by Crippen LogP contribution is 2.30. The normalized spacial score (nSPS) is 17.9. The van der Waals surface area contributed by atoms with Crippen molar-refractivity contribution in [1.82, 2.24) is 15.0 Å². The van der Waals surface area contributed by atoms with Crippen molar-refractivity contribution in [2.45, 2.75) is 45.6 Å². The lowest BCUT2D eigenvalue weighted by Gasteiger charge is -2.21. The molecule has 4 heterocycles. The molecule has 5 rings (SSSR count). The average molecular weight is 425 g/mol. The molecule has 0 radical (unpaired) electrons. The number of carbonyl (C=O) groups is 2. The fourth-order valence-electron chi connectivity index (χ4n) is 3.97. The molecular formula is C25H23N5O2. The Bertz CT molecular complexity index is 1290. The van der Waals surface area contributed by atoms with Gasteiger partial charge >= 0.3 is 0 Å². The first kappa shape index (κ1) is 20.1. The fraction of sp³-hybridized carbons (Fsp3) is 0.320. The summed E-state index contributed by atoms with van der Waals surface area (Å²) in [6, 6.07) is 5.75. The van der Waals surface area contributed by atoms with Crippen LogP contribution in [-0.2, 0) is 9.59 Å². The minimum Gasteiger partial charge on any atom is -0.310 e. The van der Waals surface area contributed by atoms with Gasteiger partial charge in [-0.2, -0.15) is 0 Å². The predicted molar refractivity (Wildman–Crippen MR) is 122 cm³/mol. The molecule has 2 fully saturated rings. The van der Waals surface area contributed by atoms with Gasteiger partial charge in [-0.15, -0.1) is 0 Å². The molecule has 1 atom stereocenters. The van der Waals surface area contributed by atoms with Crippen LogP contribution in [0.4, 0.5) is 11.5 Å². The number of aryl methyl sites for hydroxylation is 1. The van der Waals surface area contributed by atoms with Crippen molar-refractivity contribution in [2.24, 2.45) is 5.92 Å². The van der Waals surface area contributed by atoms with Crippen molar-refractivity contribution in [2.75, 3.05) is 10.2 Å². The van der Waals surface area contributed by atoms with Crippen LogP contribution in [0.1, 0.15) is 49.6 Å². The molecule has 32 heavy (non-hydrogen) atoms. The summed E-state index contributed by atoms with van der Waals surface area (Å²) in [5.41, 5.74) is 3.00. The van der Waals surface area contributed by atoms with Gasteiger partial charge in [-0.3, -0.25) is 14.6 Å². The van der Waals surface area contributed by atoms with Gasteiger partial charge in [-0.25, -0.2) is 9.97 Å². The minimum absolute atomic E-state index is 0.0188. The minimum atomic E-state index is 0.0188. The monoisotopic (exact) mass is 425 g/mol. The van der Waals surface area contributed by atoms with E-state index in [1.54, 1.807) is 23.5 Å². The van der Waals surface area contributed by atoms with Crippen LogP contribution in [0, 0.1) is 24.7 Å². The van der Waals surface area contributed by atoms with Crippen LogP contribution in [0.5, 0.6) is 0 Å². The number of nitrogens with one attached hydrogen (secondary N) is 1. The second-order valence-corrected chi connectivity index (χ2v) is 8.44. The number of fused-ring (bicyclic) bond motifs is 1. The number of hydrogen-bond donors (Lipinski definition) is 1. The molecule has 1 aliphatic heterocycles.